The maximum absolute atomic E-state index is 14.0. The number of carbonyl (C=O) groups is 1. The van der Waals surface area contributed by atoms with Crippen LogP contribution in [0.3, 0.4) is 0 Å². The highest BCUT2D eigenvalue weighted by atomic mass is 35.5. The van der Waals surface area contributed by atoms with Crippen LogP contribution in [-0.2, 0) is 11.2 Å². The monoisotopic (exact) mass is 310 g/mol. The lowest BCUT2D eigenvalue weighted by Crippen LogP contribution is -2.27. The Morgan fingerprint density at radius 3 is 2.67 bits per heavy atom. The molecule has 7 heteroatoms. The number of nitrogens with zero attached hydrogens (tertiary/aromatic N) is 2. The number of aliphatic carboxylic acids is 1. The number of aromatic nitrogens is 2. The van der Waals surface area contributed by atoms with E-state index in [2.05, 4.69) is 4.98 Å². The van der Waals surface area contributed by atoms with E-state index in [0.717, 1.165) is 10.6 Å². The highest BCUT2D eigenvalue weighted by molar-refractivity contribution is 6.30. The van der Waals surface area contributed by atoms with Gasteiger partial charge in [-0.2, -0.15) is 4.98 Å². The molecule has 0 radical (unpaired) electrons. The standard InChI is InChI=1S/C14H12ClFN2O3/c1-7-10(6-13(19)20)8(2)18(14(21)17-7)12-4-3-9(15)5-11(12)16/h3-5H,6H2,1-2H3,(H,19,20). The van der Waals surface area contributed by atoms with Crippen LogP contribution in [0.25, 0.3) is 5.69 Å². The summed E-state index contributed by atoms with van der Waals surface area (Å²) in [7, 11) is 0. The largest absolute Gasteiger partial charge is 0.481 e. The van der Waals surface area contributed by atoms with Crippen LogP contribution in [0.4, 0.5) is 4.39 Å². The molecule has 0 bridgehead atoms. The minimum Gasteiger partial charge on any atom is -0.481 e. The zero-order valence-electron chi connectivity index (χ0n) is 11.4. The van der Waals surface area contributed by atoms with Crippen LogP contribution >= 0.6 is 11.6 Å². The number of carboxylic acid groups (broad SMARTS) is 1. The summed E-state index contributed by atoms with van der Waals surface area (Å²) in [5.74, 6) is -1.73. The smallest absolute Gasteiger partial charge is 0.352 e. The van der Waals surface area contributed by atoms with E-state index in [1.165, 1.54) is 12.1 Å². The first kappa shape index (κ1) is 15.2. The molecule has 5 nitrogen and oxygen atoms in total. The second-order valence-corrected chi connectivity index (χ2v) is 4.98. The molecule has 0 saturated heterocycles. The van der Waals surface area contributed by atoms with Gasteiger partial charge in [0.25, 0.3) is 0 Å². The molecule has 1 N–H and O–H groups in total. The highest BCUT2D eigenvalue weighted by Crippen LogP contribution is 2.20. The Bertz CT molecular complexity index is 787. The Hall–Kier alpha value is -2.21. The van der Waals surface area contributed by atoms with Gasteiger partial charge >= 0.3 is 11.7 Å². The summed E-state index contributed by atoms with van der Waals surface area (Å²) in [5.41, 5.74) is 0.375. The van der Waals surface area contributed by atoms with Gasteiger partial charge < -0.3 is 5.11 Å². The molecule has 0 aliphatic heterocycles. The van der Waals surface area contributed by atoms with E-state index >= 15 is 0 Å². The summed E-state index contributed by atoms with van der Waals surface area (Å²) < 4.78 is 15.1. The molecule has 0 atom stereocenters. The van der Waals surface area contributed by atoms with E-state index < -0.39 is 17.5 Å². The maximum Gasteiger partial charge on any atom is 0.352 e. The average molecular weight is 311 g/mol. The molecule has 0 amide bonds. The minimum atomic E-state index is -1.05. The Morgan fingerprint density at radius 1 is 1.43 bits per heavy atom. The lowest BCUT2D eigenvalue weighted by molar-refractivity contribution is -0.136. The van der Waals surface area contributed by atoms with Crippen molar-refractivity contribution in [3.05, 3.63) is 56.5 Å². The van der Waals surface area contributed by atoms with Gasteiger partial charge in [-0.3, -0.25) is 9.36 Å². The predicted molar refractivity (Wildman–Crippen MR) is 75.6 cm³/mol. The molecule has 2 rings (SSSR count). The molecule has 0 fully saturated rings. The molecule has 0 aliphatic carbocycles. The predicted octanol–water partition coefficient (Wildman–Crippen LogP) is 2.27. The zero-order chi connectivity index (χ0) is 15.7. The number of benzene rings is 1. The Kier molecular flexibility index (Phi) is 4.09. The molecule has 0 unspecified atom stereocenters. The van der Waals surface area contributed by atoms with Gasteiger partial charge in [-0.15, -0.1) is 0 Å². The first-order chi connectivity index (χ1) is 9.81. The average Bonchev–Trinajstić information content (AvgIpc) is 2.36. The summed E-state index contributed by atoms with van der Waals surface area (Å²) in [5, 5.41) is 9.13. The Labute approximate surface area is 124 Å². The van der Waals surface area contributed by atoms with E-state index in [-0.39, 0.29) is 17.1 Å². The summed E-state index contributed by atoms with van der Waals surface area (Å²) in [6.07, 6.45) is -0.292. The molecule has 110 valence electrons. The molecule has 0 aliphatic rings. The van der Waals surface area contributed by atoms with Gasteiger partial charge in [0.1, 0.15) is 5.82 Å². The topological polar surface area (TPSA) is 72.2 Å². The molecule has 0 saturated carbocycles. The summed E-state index contributed by atoms with van der Waals surface area (Å²) in [6, 6.07) is 3.88. The lowest BCUT2D eigenvalue weighted by Gasteiger charge is -2.15. The first-order valence-electron chi connectivity index (χ1n) is 6.07. The van der Waals surface area contributed by atoms with Crippen LogP contribution in [0.2, 0.25) is 5.02 Å². The summed E-state index contributed by atoms with van der Waals surface area (Å²) in [6.45, 7) is 3.11. The fourth-order valence-corrected chi connectivity index (χ4v) is 2.31. The molecule has 1 heterocycles. The number of rotatable bonds is 3. The highest BCUT2D eigenvalue weighted by Gasteiger charge is 2.17. The van der Waals surface area contributed by atoms with Crippen LogP contribution in [0, 0.1) is 19.7 Å². The fourth-order valence-electron chi connectivity index (χ4n) is 2.15. The lowest BCUT2D eigenvalue weighted by atomic mass is 10.1. The minimum absolute atomic E-state index is 0.0129. The normalized spacial score (nSPS) is 10.7. The number of carboxylic acids is 1. The van der Waals surface area contributed by atoms with Crippen LogP contribution in [0.5, 0.6) is 0 Å². The van der Waals surface area contributed by atoms with Crippen molar-refractivity contribution >= 4 is 17.6 Å². The van der Waals surface area contributed by atoms with Crippen molar-refractivity contribution in [2.45, 2.75) is 20.3 Å². The van der Waals surface area contributed by atoms with E-state index in [1.54, 1.807) is 13.8 Å². The van der Waals surface area contributed by atoms with E-state index in [0.29, 0.717) is 17.0 Å². The van der Waals surface area contributed by atoms with Crippen molar-refractivity contribution in [1.29, 1.82) is 0 Å². The summed E-state index contributed by atoms with van der Waals surface area (Å²) >= 11 is 5.69. The van der Waals surface area contributed by atoms with Gasteiger partial charge in [-0.25, -0.2) is 9.18 Å². The van der Waals surface area contributed by atoms with Gasteiger partial charge in [-0.05, 0) is 32.0 Å². The Morgan fingerprint density at radius 2 is 2.10 bits per heavy atom. The number of aryl methyl sites for hydroxylation is 1. The molecular weight excluding hydrogens is 299 g/mol. The van der Waals surface area contributed by atoms with Crippen molar-refractivity contribution in [2.75, 3.05) is 0 Å². The zero-order valence-corrected chi connectivity index (χ0v) is 12.1. The van der Waals surface area contributed by atoms with Crippen molar-refractivity contribution in [3.63, 3.8) is 0 Å². The van der Waals surface area contributed by atoms with Crippen molar-refractivity contribution in [2.24, 2.45) is 0 Å². The van der Waals surface area contributed by atoms with Crippen LogP contribution in [-0.4, -0.2) is 20.6 Å². The van der Waals surface area contributed by atoms with Crippen LogP contribution in [0.15, 0.2) is 23.0 Å². The molecule has 1 aromatic heterocycles. The van der Waals surface area contributed by atoms with Crippen molar-refractivity contribution < 1.29 is 14.3 Å². The maximum atomic E-state index is 14.0. The second-order valence-electron chi connectivity index (χ2n) is 4.55. The van der Waals surface area contributed by atoms with Crippen molar-refractivity contribution in [1.82, 2.24) is 9.55 Å². The van der Waals surface area contributed by atoms with Gasteiger partial charge in [-0.1, -0.05) is 11.6 Å². The molecule has 1 aromatic carbocycles. The molecular formula is C14H12ClFN2O3. The van der Waals surface area contributed by atoms with E-state index in [1.807, 2.05) is 0 Å². The first-order valence-corrected chi connectivity index (χ1v) is 6.45. The van der Waals surface area contributed by atoms with Gasteiger partial charge in [0.2, 0.25) is 0 Å². The quantitative estimate of drug-likeness (QED) is 0.944. The number of hydrogen-bond donors (Lipinski definition) is 1. The fraction of sp³-hybridized carbons (Fsp3) is 0.214. The number of halogens is 2. The Balaban J connectivity index is 2.74. The third-order valence-corrected chi connectivity index (χ3v) is 3.38. The SMILES string of the molecule is Cc1nc(=O)n(-c2ccc(Cl)cc2F)c(C)c1CC(=O)O. The third kappa shape index (κ3) is 2.95. The third-order valence-electron chi connectivity index (χ3n) is 3.14. The molecule has 2 aromatic rings. The van der Waals surface area contributed by atoms with Crippen LogP contribution < -0.4 is 5.69 Å². The van der Waals surface area contributed by atoms with E-state index in [9.17, 15) is 14.0 Å². The molecule has 0 spiro atoms. The summed E-state index contributed by atoms with van der Waals surface area (Å²) in [4.78, 5) is 26.7. The van der Waals surface area contributed by atoms with Gasteiger partial charge in [0.05, 0.1) is 12.1 Å². The van der Waals surface area contributed by atoms with Crippen LogP contribution in [0.1, 0.15) is 17.0 Å². The van der Waals surface area contributed by atoms with Crippen molar-refractivity contribution in [3.8, 4) is 5.69 Å². The number of hydrogen-bond acceptors (Lipinski definition) is 3. The van der Waals surface area contributed by atoms with E-state index in [4.69, 9.17) is 16.7 Å². The molecule has 21 heavy (non-hydrogen) atoms. The second kappa shape index (κ2) is 5.65. The van der Waals surface area contributed by atoms with Gasteiger partial charge in [0, 0.05) is 22.0 Å². The van der Waals surface area contributed by atoms with Gasteiger partial charge in [0.15, 0.2) is 0 Å².